The second kappa shape index (κ2) is 8.49. The fourth-order valence-corrected chi connectivity index (χ4v) is 3.51. The molecule has 5 nitrogen and oxygen atoms in total. The van der Waals surface area contributed by atoms with Gasteiger partial charge in [-0.15, -0.1) is 0 Å². The second-order valence-electron chi connectivity index (χ2n) is 6.57. The molecule has 29 heavy (non-hydrogen) atoms. The molecule has 0 unspecified atom stereocenters. The molecule has 0 spiro atoms. The third-order valence-electron chi connectivity index (χ3n) is 4.84. The highest BCUT2D eigenvalue weighted by atomic mass is 16.5. The van der Waals surface area contributed by atoms with E-state index < -0.39 is 6.09 Å². The van der Waals surface area contributed by atoms with Gasteiger partial charge in [0.05, 0.1) is 13.7 Å². The zero-order valence-electron chi connectivity index (χ0n) is 16.0. The molecule has 2 aromatic carbocycles. The van der Waals surface area contributed by atoms with Crippen molar-refractivity contribution in [3.63, 3.8) is 0 Å². The number of nitrogens with one attached hydrogen (secondary N) is 1. The summed E-state index contributed by atoms with van der Waals surface area (Å²) in [5.41, 5.74) is 5.55. The van der Waals surface area contributed by atoms with Gasteiger partial charge in [-0.05, 0) is 28.3 Å². The lowest BCUT2D eigenvalue weighted by Gasteiger charge is -2.14. The Morgan fingerprint density at radius 3 is 2.45 bits per heavy atom. The number of benzene rings is 2. The molecule has 0 fully saturated rings. The van der Waals surface area contributed by atoms with Crippen LogP contribution in [0.15, 0.2) is 66.9 Å². The summed E-state index contributed by atoms with van der Waals surface area (Å²) >= 11 is 0. The summed E-state index contributed by atoms with van der Waals surface area (Å²) in [4.78, 5) is 16.1. The maximum absolute atomic E-state index is 12.1. The van der Waals surface area contributed by atoms with Crippen LogP contribution in [0.4, 0.5) is 4.79 Å². The van der Waals surface area contributed by atoms with Gasteiger partial charge < -0.3 is 14.8 Å². The van der Waals surface area contributed by atoms with Crippen LogP contribution in [-0.4, -0.2) is 31.3 Å². The minimum atomic E-state index is -0.478. The maximum Gasteiger partial charge on any atom is 0.407 e. The van der Waals surface area contributed by atoms with Gasteiger partial charge in [0.2, 0.25) is 5.88 Å². The molecule has 0 bridgehead atoms. The number of hydrogen-bond donors (Lipinski definition) is 1. The number of ether oxygens (including phenoxy) is 2. The quantitative estimate of drug-likeness (QED) is 0.691. The first-order valence-electron chi connectivity index (χ1n) is 9.34. The lowest BCUT2D eigenvalue weighted by molar-refractivity contribution is 0.144. The summed E-state index contributed by atoms with van der Waals surface area (Å²) in [6, 6.07) is 20.0. The molecule has 0 saturated heterocycles. The standard InChI is InChI=1S/C24H20N2O3/c1-28-23-15-17(12-14-25-23)7-6-13-26-24(27)29-16-22-20-10-4-2-8-18(20)19-9-3-5-11-21(19)22/h2-5,8-12,14-15,22H,13,16H2,1H3,(H,26,27). The summed E-state index contributed by atoms with van der Waals surface area (Å²) in [6.45, 7) is 0.482. The van der Waals surface area contributed by atoms with Crippen LogP contribution >= 0.6 is 0 Å². The van der Waals surface area contributed by atoms with Crippen molar-refractivity contribution in [2.45, 2.75) is 5.92 Å². The minimum absolute atomic E-state index is 0.0449. The predicted octanol–water partition coefficient (Wildman–Crippen LogP) is 3.98. The van der Waals surface area contributed by atoms with Gasteiger partial charge >= 0.3 is 6.09 Å². The Morgan fingerprint density at radius 1 is 1.07 bits per heavy atom. The number of nitrogens with zero attached hydrogens (tertiary/aromatic N) is 1. The van der Waals surface area contributed by atoms with Crippen molar-refractivity contribution in [2.75, 3.05) is 20.3 Å². The Morgan fingerprint density at radius 2 is 1.76 bits per heavy atom. The first-order chi connectivity index (χ1) is 14.3. The van der Waals surface area contributed by atoms with Crippen LogP contribution in [0.1, 0.15) is 22.6 Å². The van der Waals surface area contributed by atoms with E-state index in [1.54, 1.807) is 25.4 Å². The van der Waals surface area contributed by atoms with Gasteiger partial charge in [0.1, 0.15) is 6.61 Å². The van der Waals surface area contributed by atoms with Crippen molar-refractivity contribution in [1.82, 2.24) is 10.3 Å². The van der Waals surface area contributed by atoms with E-state index in [9.17, 15) is 4.79 Å². The number of carbonyl (C=O) groups is 1. The number of amides is 1. The molecule has 1 aliphatic carbocycles. The number of aromatic nitrogens is 1. The molecule has 1 amide bonds. The van der Waals surface area contributed by atoms with Gasteiger partial charge in [0.25, 0.3) is 0 Å². The number of rotatable bonds is 4. The predicted molar refractivity (Wildman–Crippen MR) is 111 cm³/mol. The van der Waals surface area contributed by atoms with Gasteiger partial charge in [-0.1, -0.05) is 60.4 Å². The van der Waals surface area contributed by atoms with E-state index in [1.807, 2.05) is 24.3 Å². The average molecular weight is 384 g/mol. The van der Waals surface area contributed by atoms with Crippen molar-refractivity contribution in [1.29, 1.82) is 0 Å². The van der Waals surface area contributed by atoms with Crippen LogP contribution in [0.5, 0.6) is 5.88 Å². The van der Waals surface area contributed by atoms with Gasteiger partial charge in [-0.25, -0.2) is 9.78 Å². The number of carbonyl (C=O) groups excluding carboxylic acids is 1. The largest absolute Gasteiger partial charge is 0.481 e. The summed E-state index contributed by atoms with van der Waals surface area (Å²) in [5.74, 6) is 6.40. The number of methoxy groups -OCH3 is 1. The van der Waals surface area contributed by atoms with Crippen molar-refractivity contribution in [3.8, 4) is 28.8 Å². The SMILES string of the molecule is COc1cc(C#CCNC(=O)OCC2c3ccccc3-c3ccccc32)ccn1. The van der Waals surface area contributed by atoms with E-state index in [2.05, 4.69) is 46.4 Å². The molecular weight excluding hydrogens is 364 g/mol. The van der Waals surface area contributed by atoms with Gasteiger partial charge in [-0.2, -0.15) is 0 Å². The lowest BCUT2D eigenvalue weighted by atomic mass is 9.98. The number of alkyl carbamates (subject to hydrolysis) is 1. The molecule has 3 aromatic rings. The van der Waals surface area contributed by atoms with Gasteiger partial charge in [0.15, 0.2) is 0 Å². The summed E-state index contributed by atoms with van der Waals surface area (Å²) in [6.07, 6.45) is 1.15. The second-order valence-corrected chi connectivity index (χ2v) is 6.57. The van der Waals surface area contributed by atoms with Crippen LogP contribution in [0.25, 0.3) is 11.1 Å². The molecule has 1 aliphatic rings. The monoisotopic (exact) mass is 384 g/mol. The number of fused-ring (bicyclic) bond motifs is 3. The zero-order valence-corrected chi connectivity index (χ0v) is 16.0. The molecular formula is C24H20N2O3. The Hall–Kier alpha value is -3.78. The molecule has 0 radical (unpaired) electrons. The molecule has 1 aromatic heterocycles. The summed E-state index contributed by atoms with van der Waals surface area (Å²) < 4.78 is 10.5. The minimum Gasteiger partial charge on any atom is -0.481 e. The summed E-state index contributed by atoms with van der Waals surface area (Å²) in [7, 11) is 1.55. The molecule has 4 rings (SSSR count). The first-order valence-corrected chi connectivity index (χ1v) is 9.34. The Balaban J connectivity index is 1.34. The molecule has 1 heterocycles. The zero-order chi connectivity index (χ0) is 20.1. The Labute approximate surface area is 169 Å². The van der Waals surface area contributed by atoms with E-state index in [-0.39, 0.29) is 19.1 Å². The van der Waals surface area contributed by atoms with Crippen LogP contribution in [0.2, 0.25) is 0 Å². The molecule has 0 atom stereocenters. The smallest absolute Gasteiger partial charge is 0.407 e. The number of pyridine rings is 1. The normalized spacial score (nSPS) is 11.6. The first kappa shape index (κ1) is 18.6. The van der Waals surface area contributed by atoms with E-state index in [1.165, 1.54) is 22.3 Å². The van der Waals surface area contributed by atoms with E-state index in [0.717, 1.165) is 5.56 Å². The molecule has 5 heteroatoms. The van der Waals surface area contributed by atoms with Crippen molar-refractivity contribution in [3.05, 3.63) is 83.6 Å². The fourth-order valence-electron chi connectivity index (χ4n) is 3.51. The third-order valence-corrected chi connectivity index (χ3v) is 4.84. The topological polar surface area (TPSA) is 60.5 Å². The molecule has 0 aliphatic heterocycles. The molecule has 1 N–H and O–H groups in total. The van der Waals surface area contributed by atoms with E-state index in [0.29, 0.717) is 5.88 Å². The Kier molecular flexibility index (Phi) is 5.44. The van der Waals surface area contributed by atoms with E-state index >= 15 is 0 Å². The Bertz CT molecular complexity index is 1050. The van der Waals surface area contributed by atoms with Gasteiger partial charge in [-0.3, -0.25) is 0 Å². The third kappa shape index (κ3) is 4.07. The highest BCUT2D eigenvalue weighted by Gasteiger charge is 2.28. The van der Waals surface area contributed by atoms with Crippen LogP contribution in [0.3, 0.4) is 0 Å². The summed E-state index contributed by atoms with van der Waals surface area (Å²) in [5, 5.41) is 2.67. The van der Waals surface area contributed by atoms with Crippen LogP contribution < -0.4 is 10.1 Å². The van der Waals surface area contributed by atoms with Crippen LogP contribution in [-0.2, 0) is 4.74 Å². The van der Waals surface area contributed by atoms with Crippen molar-refractivity contribution >= 4 is 6.09 Å². The van der Waals surface area contributed by atoms with Crippen molar-refractivity contribution < 1.29 is 14.3 Å². The number of hydrogen-bond acceptors (Lipinski definition) is 4. The highest BCUT2D eigenvalue weighted by Crippen LogP contribution is 2.44. The van der Waals surface area contributed by atoms with E-state index in [4.69, 9.17) is 9.47 Å². The molecule has 144 valence electrons. The fraction of sp³-hybridized carbons (Fsp3) is 0.167. The average Bonchev–Trinajstić information content (AvgIpc) is 3.09. The lowest BCUT2D eigenvalue weighted by Crippen LogP contribution is -2.26. The van der Waals surface area contributed by atoms with Crippen molar-refractivity contribution in [2.24, 2.45) is 0 Å². The highest BCUT2D eigenvalue weighted by molar-refractivity contribution is 5.79. The molecule has 0 saturated carbocycles. The maximum atomic E-state index is 12.1. The van der Waals surface area contributed by atoms with Gasteiger partial charge in [0, 0.05) is 23.7 Å². The van der Waals surface area contributed by atoms with Crippen LogP contribution in [0, 0.1) is 11.8 Å².